The molecule has 0 heterocycles. The van der Waals surface area contributed by atoms with Gasteiger partial charge >= 0.3 is 0 Å². The van der Waals surface area contributed by atoms with Crippen LogP contribution in [0.4, 0.5) is 0 Å². The van der Waals surface area contributed by atoms with E-state index in [1.165, 1.54) is 12.1 Å². The molecule has 4 nitrogen and oxygen atoms in total. The molecule has 100 valence electrons. The highest BCUT2D eigenvalue weighted by molar-refractivity contribution is 9.10. The Bertz CT molecular complexity index is 514. The Kier molecular flexibility index (Phi) is 5.84. The largest absolute Gasteiger partial charge is 0.286 e. The van der Waals surface area contributed by atoms with E-state index in [4.69, 9.17) is 0 Å². The first-order valence-electron chi connectivity index (χ1n) is 5.37. The van der Waals surface area contributed by atoms with Crippen molar-refractivity contribution in [3.63, 3.8) is 0 Å². The monoisotopic (exact) mass is 351 g/mol. The number of sulfonamides is 1. The highest BCUT2D eigenvalue weighted by Crippen LogP contribution is 2.15. The molecule has 0 aliphatic heterocycles. The molecule has 0 aromatic heterocycles. The third-order valence-electron chi connectivity index (χ3n) is 2.30. The van der Waals surface area contributed by atoms with Crippen LogP contribution in [0, 0.1) is 0 Å². The van der Waals surface area contributed by atoms with Gasteiger partial charge in [0.25, 0.3) is 0 Å². The van der Waals surface area contributed by atoms with E-state index >= 15 is 0 Å². The number of nitrogens with one attached hydrogen (secondary N) is 1. The first-order chi connectivity index (χ1) is 8.36. The number of halogens is 1. The van der Waals surface area contributed by atoms with Crippen LogP contribution in [-0.2, 0) is 14.8 Å². The molecular formula is C11H14BrNO3S2. The molecule has 1 N–H and O–H groups in total. The molecule has 0 bridgehead atoms. The first kappa shape index (κ1) is 15.7. The van der Waals surface area contributed by atoms with Crippen LogP contribution in [0.25, 0.3) is 0 Å². The number of benzene rings is 1. The molecule has 0 unspecified atom stereocenters. The lowest BCUT2D eigenvalue weighted by molar-refractivity contribution is -0.112. The molecule has 1 aromatic carbocycles. The van der Waals surface area contributed by atoms with E-state index < -0.39 is 21.2 Å². The van der Waals surface area contributed by atoms with E-state index in [9.17, 15) is 13.2 Å². The highest BCUT2D eigenvalue weighted by atomic mass is 79.9. The van der Waals surface area contributed by atoms with Gasteiger partial charge in [-0.15, -0.1) is 12.6 Å². The van der Waals surface area contributed by atoms with Crippen LogP contribution in [0.15, 0.2) is 33.6 Å². The molecule has 0 saturated heterocycles. The van der Waals surface area contributed by atoms with Crippen molar-refractivity contribution < 1.29 is 13.2 Å². The predicted octanol–water partition coefficient (Wildman–Crippen LogP) is 2.35. The average Bonchev–Trinajstić information content (AvgIpc) is 2.28. The Morgan fingerprint density at radius 3 is 2.39 bits per heavy atom. The Labute approximate surface area is 121 Å². The van der Waals surface area contributed by atoms with Gasteiger partial charge < -0.3 is 0 Å². The number of rotatable bonds is 6. The summed E-state index contributed by atoms with van der Waals surface area (Å²) in [7, 11) is -3.68. The summed E-state index contributed by atoms with van der Waals surface area (Å²) < 4.78 is 27.2. The van der Waals surface area contributed by atoms with Gasteiger partial charge in [-0.25, -0.2) is 8.42 Å². The summed E-state index contributed by atoms with van der Waals surface area (Å²) in [6.07, 6.45) is 1.12. The molecule has 0 radical (unpaired) electrons. The van der Waals surface area contributed by atoms with Crippen molar-refractivity contribution in [1.82, 2.24) is 4.72 Å². The zero-order valence-electron chi connectivity index (χ0n) is 9.76. The van der Waals surface area contributed by atoms with Crippen molar-refractivity contribution in [2.75, 3.05) is 0 Å². The fourth-order valence-corrected chi connectivity index (χ4v) is 3.17. The van der Waals surface area contributed by atoms with Crippen molar-refractivity contribution in [2.24, 2.45) is 0 Å². The third-order valence-corrected chi connectivity index (χ3v) is 4.62. The quantitative estimate of drug-likeness (QED) is 0.773. The molecule has 1 rings (SSSR count). The zero-order valence-corrected chi connectivity index (χ0v) is 13.1. The van der Waals surface area contributed by atoms with Crippen LogP contribution in [0.2, 0.25) is 0 Å². The van der Waals surface area contributed by atoms with Crippen LogP contribution in [0.3, 0.4) is 0 Å². The minimum absolute atomic E-state index is 0.126. The van der Waals surface area contributed by atoms with E-state index in [0.29, 0.717) is 12.8 Å². The smallest absolute Gasteiger partial charge is 0.241 e. The molecular weight excluding hydrogens is 338 g/mol. The van der Waals surface area contributed by atoms with Gasteiger partial charge in [-0.05, 0) is 30.7 Å². The lowest BCUT2D eigenvalue weighted by atomic mass is 10.2. The summed E-state index contributed by atoms with van der Waals surface area (Å²) in [4.78, 5) is 11.4. The Morgan fingerprint density at radius 1 is 1.39 bits per heavy atom. The van der Waals surface area contributed by atoms with E-state index in [-0.39, 0.29) is 4.90 Å². The van der Waals surface area contributed by atoms with Crippen LogP contribution in [-0.4, -0.2) is 19.6 Å². The van der Waals surface area contributed by atoms with Gasteiger partial charge in [0.05, 0.1) is 10.9 Å². The van der Waals surface area contributed by atoms with Gasteiger partial charge in [-0.3, -0.25) is 4.79 Å². The summed E-state index contributed by atoms with van der Waals surface area (Å²) in [6.45, 7) is 1.87. The van der Waals surface area contributed by atoms with E-state index in [2.05, 4.69) is 33.3 Å². The molecule has 0 aliphatic carbocycles. The molecule has 7 heteroatoms. The zero-order chi connectivity index (χ0) is 13.8. The van der Waals surface area contributed by atoms with E-state index in [1.807, 2.05) is 6.92 Å². The molecule has 0 fully saturated rings. The van der Waals surface area contributed by atoms with Crippen LogP contribution in [0.5, 0.6) is 0 Å². The second-order valence-electron chi connectivity index (χ2n) is 3.75. The van der Waals surface area contributed by atoms with E-state index in [1.54, 1.807) is 12.1 Å². The molecule has 18 heavy (non-hydrogen) atoms. The summed E-state index contributed by atoms with van der Waals surface area (Å²) >= 11 is 6.92. The summed E-state index contributed by atoms with van der Waals surface area (Å²) in [5, 5.41) is -0.475. The van der Waals surface area contributed by atoms with Gasteiger partial charge in [0.1, 0.15) is 0 Å². The van der Waals surface area contributed by atoms with Crippen molar-refractivity contribution in [2.45, 2.75) is 30.7 Å². The Balaban J connectivity index is 2.93. The molecule has 1 aromatic rings. The van der Waals surface area contributed by atoms with Crippen LogP contribution >= 0.6 is 28.6 Å². The summed E-state index contributed by atoms with van der Waals surface area (Å²) in [6, 6.07) is 5.42. The average molecular weight is 352 g/mol. The van der Waals surface area contributed by atoms with Crippen LogP contribution in [0.1, 0.15) is 19.8 Å². The fourth-order valence-electron chi connectivity index (χ4n) is 1.39. The SMILES string of the molecule is CCC[C@H](NS(=O)(=O)c1ccc(Br)cc1)C(=O)S. The summed E-state index contributed by atoms with van der Waals surface area (Å²) in [5.74, 6) is 0. The van der Waals surface area contributed by atoms with Crippen molar-refractivity contribution in [1.29, 1.82) is 0 Å². The Hall–Kier alpha value is -0.370. The molecule has 1 atom stereocenters. The van der Waals surface area contributed by atoms with Crippen molar-refractivity contribution in [3.8, 4) is 0 Å². The van der Waals surface area contributed by atoms with Gasteiger partial charge in [0.2, 0.25) is 15.1 Å². The summed E-state index contributed by atoms with van der Waals surface area (Å²) in [5.41, 5.74) is 0. The minimum atomic E-state index is -3.68. The fraction of sp³-hybridized carbons (Fsp3) is 0.364. The number of carbonyl (C=O) groups excluding carboxylic acids is 1. The molecule has 0 amide bonds. The second-order valence-corrected chi connectivity index (χ2v) is 6.83. The number of carbonyl (C=O) groups is 1. The van der Waals surface area contributed by atoms with Gasteiger partial charge in [0.15, 0.2) is 0 Å². The van der Waals surface area contributed by atoms with Gasteiger partial charge in [0, 0.05) is 4.47 Å². The maximum atomic E-state index is 12.0. The van der Waals surface area contributed by atoms with Crippen molar-refractivity contribution >= 4 is 43.7 Å². The van der Waals surface area contributed by atoms with Crippen LogP contribution < -0.4 is 4.72 Å². The van der Waals surface area contributed by atoms with Crippen molar-refractivity contribution in [3.05, 3.63) is 28.7 Å². The Morgan fingerprint density at radius 2 is 1.94 bits per heavy atom. The highest BCUT2D eigenvalue weighted by Gasteiger charge is 2.22. The normalized spacial score (nSPS) is 13.3. The minimum Gasteiger partial charge on any atom is -0.286 e. The van der Waals surface area contributed by atoms with Gasteiger partial charge in [-0.1, -0.05) is 29.3 Å². The first-order valence-corrected chi connectivity index (χ1v) is 8.10. The predicted molar refractivity (Wildman–Crippen MR) is 77.2 cm³/mol. The number of hydrogen-bond acceptors (Lipinski definition) is 3. The number of thiol groups is 1. The molecule has 0 spiro atoms. The maximum absolute atomic E-state index is 12.0. The lowest BCUT2D eigenvalue weighted by Gasteiger charge is -2.14. The standard InChI is InChI=1S/C11H14BrNO3S2/c1-2-3-10(11(14)17)13-18(15,16)9-6-4-8(12)5-7-9/h4-7,10,13H,2-3H2,1H3,(H,14,17)/t10-/m0/s1. The second kappa shape index (κ2) is 6.70. The topological polar surface area (TPSA) is 63.2 Å². The van der Waals surface area contributed by atoms with Gasteiger partial charge in [-0.2, -0.15) is 4.72 Å². The maximum Gasteiger partial charge on any atom is 0.241 e. The molecule has 0 aliphatic rings. The number of hydrogen-bond donors (Lipinski definition) is 2. The molecule has 0 saturated carbocycles. The van der Waals surface area contributed by atoms with E-state index in [0.717, 1.165) is 4.47 Å². The lowest BCUT2D eigenvalue weighted by Crippen LogP contribution is -2.38. The third kappa shape index (κ3) is 4.38.